The Labute approximate surface area is 357 Å². The Kier molecular flexibility index (Phi) is 6.83. The van der Waals surface area contributed by atoms with Gasteiger partial charge in [0.1, 0.15) is 0 Å². The summed E-state index contributed by atoms with van der Waals surface area (Å²) in [6, 6.07) is 63.2. The van der Waals surface area contributed by atoms with E-state index in [4.69, 9.17) is 0 Å². The first-order valence-corrected chi connectivity index (χ1v) is 21.9. The molecule has 2 heterocycles. The predicted octanol–water partition coefficient (Wildman–Crippen LogP) is 14.2. The third-order valence-corrected chi connectivity index (χ3v) is 14.2. The Morgan fingerprint density at radius 3 is 1.11 bits per heavy atom. The largest absolute Gasteiger partial charge is 0.311 e. The number of anilines is 6. The maximum atomic E-state index is 2.60. The highest BCUT2D eigenvalue weighted by molar-refractivity contribution is 7.01. The van der Waals surface area contributed by atoms with Gasteiger partial charge >= 0.3 is 0 Å². The fraction of sp³-hybridized carbons (Fsp3) is 0.138. The number of hydrogen-bond acceptors (Lipinski definition) is 2. The third-order valence-electron chi connectivity index (χ3n) is 14.2. The molecule has 61 heavy (non-hydrogen) atoms. The standard InChI is InChI=1S/C58H45BN2/c1-57(2,3)40-22-26-42(27-23-40)60-48-14-9-15-49-54(48)59(46-32-38-18-16-34-10-7-12-36-20-30-44(55(46)60)52(38)50(34)36)47-33-39-19-17-35-11-8-13-37-21-31-45(53(39)51(35)37)56(47)61(49)43-28-24-41(25-29-43)58(4,5)6/h7-33H,1-6H3. The fourth-order valence-corrected chi connectivity index (χ4v) is 11.3. The van der Waals surface area contributed by atoms with Crippen LogP contribution in [0.4, 0.5) is 34.1 Å². The van der Waals surface area contributed by atoms with Crippen molar-refractivity contribution in [2.75, 3.05) is 9.80 Å². The topological polar surface area (TPSA) is 6.48 Å². The maximum absolute atomic E-state index is 2.60. The lowest BCUT2D eigenvalue weighted by Gasteiger charge is -2.45. The molecule has 0 bridgehead atoms. The molecule has 0 atom stereocenters. The van der Waals surface area contributed by atoms with Crippen molar-refractivity contribution in [1.29, 1.82) is 0 Å². The van der Waals surface area contributed by atoms with Crippen LogP contribution in [0.15, 0.2) is 164 Å². The second-order valence-corrected chi connectivity index (χ2v) is 19.7. The van der Waals surface area contributed by atoms with E-state index >= 15 is 0 Å². The monoisotopic (exact) mass is 780 g/mol. The highest BCUT2D eigenvalue weighted by atomic mass is 15.2. The molecular weight excluding hydrogens is 735 g/mol. The minimum absolute atomic E-state index is 0.00442. The van der Waals surface area contributed by atoms with E-state index in [1.807, 2.05) is 0 Å². The zero-order valence-corrected chi connectivity index (χ0v) is 35.6. The molecule has 13 rings (SSSR count). The van der Waals surface area contributed by atoms with Gasteiger partial charge in [0.25, 0.3) is 6.71 Å². The highest BCUT2D eigenvalue weighted by Gasteiger charge is 2.45. The molecule has 0 saturated carbocycles. The molecule has 11 aromatic rings. The van der Waals surface area contributed by atoms with Gasteiger partial charge in [-0.1, -0.05) is 169 Å². The molecule has 0 saturated heterocycles. The third kappa shape index (κ3) is 4.75. The molecule has 0 spiro atoms. The normalized spacial score (nSPS) is 14.0. The maximum Gasteiger partial charge on any atom is 0.252 e. The van der Waals surface area contributed by atoms with Crippen LogP contribution in [0, 0.1) is 0 Å². The second-order valence-electron chi connectivity index (χ2n) is 19.7. The highest BCUT2D eigenvalue weighted by Crippen LogP contribution is 2.50. The number of benzene rings is 11. The first kappa shape index (κ1) is 35.0. The number of fused-ring (bicyclic) bond motifs is 6. The zero-order valence-electron chi connectivity index (χ0n) is 35.6. The molecule has 0 aliphatic carbocycles. The SMILES string of the molecule is CC(C)(C)c1ccc(N2c3cccc4c3B(c3cc5ccc6cccc7ccc(c32)c5c67)c2cc3ccc5cccc6ccc(c2N4c2ccc(C(C)(C)C)cc2)c3c56)cc1. The van der Waals surface area contributed by atoms with Crippen LogP contribution in [-0.2, 0) is 10.8 Å². The molecule has 0 unspecified atom stereocenters. The van der Waals surface area contributed by atoms with Crippen molar-refractivity contribution >= 4 is 122 Å². The average molecular weight is 781 g/mol. The van der Waals surface area contributed by atoms with Crippen LogP contribution < -0.4 is 26.2 Å². The molecule has 2 aliphatic heterocycles. The summed E-state index contributed by atoms with van der Waals surface area (Å²) in [7, 11) is 0. The van der Waals surface area contributed by atoms with Crippen molar-refractivity contribution in [1.82, 2.24) is 0 Å². The number of rotatable bonds is 2. The van der Waals surface area contributed by atoms with Crippen LogP contribution in [0.3, 0.4) is 0 Å². The summed E-state index contributed by atoms with van der Waals surface area (Å²) >= 11 is 0. The van der Waals surface area contributed by atoms with Gasteiger partial charge in [-0.3, -0.25) is 0 Å². The molecule has 0 radical (unpaired) electrons. The molecule has 0 aromatic heterocycles. The first-order valence-electron chi connectivity index (χ1n) is 21.9. The lowest BCUT2D eigenvalue weighted by Crippen LogP contribution is -2.61. The van der Waals surface area contributed by atoms with Crippen LogP contribution >= 0.6 is 0 Å². The van der Waals surface area contributed by atoms with E-state index < -0.39 is 0 Å². The van der Waals surface area contributed by atoms with Crippen molar-refractivity contribution in [2.24, 2.45) is 0 Å². The van der Waals surface area contributed by atoms with Gasteiger partial charge in [-0.2, -0.15) is 0 Å². The van der Waals surface area contributed by atoms with Crippen molar-refractivity contribution in [3.63, 3.8) is 0 Å². The van der Waals surface area contributed by atoms with Crippen molar-refractivity contribution in [3.8, 4) is 0 Å². The Morgan fingerprint density at radius 1 is 0.361 bits per heavy atom. The predicted molar refractivity (Wildman–Crippen MR) is 265 cm³/mol. The van der Waals surface area contributed by atoms with Gasteiger partial charge < -0.3 is 9.80 Å². The lowest BCUT2D eigenvalue weighted by atomic mass is 9.33. The van der Waals surface area contributed by atoms with Gasteiger partial charge in [-0.25, -0.2) is 0 Å². The summed E-state index contributed by atoms with van der Waals surface area (Å²) in [4.78, 5) is 5.19. The second kappa shape index (κ2) is 11.9. The van der Waals surface area contributed by atoms with Crippen LogP contribution in [0.5, 0.6) is 0 Å². The van der Waals surface area contributed by atoms with Gasteiger partial charge in [-0.15, -0.1) is 0 Å². The van der Waals surface area contributed by atoms with Crippen LogP contribution in [0.25, 0.3) is 64.6 Å². The molecule has 0 amide bonds. The fourth-order valence-electron chi connectivity index (χ4n) is 11.3. The molecule has 3 heteroatoms. The van der Waals surface area contributed by atoms with E-state index in [9.17, 15) is 0 Å². The average Bonchev–Trinajstić information content (AvgIpc) is 3.26. The van der Waals surface area contributed by atoms with Crippen molar-refractivity contribution in [3.05, 3.63) is 175 Å². The minimum atomic E-state index is -0.00442. The van der Waals surface area contributed by atoms with E-state index in [-0.39, 0.29) is 17.5 Å². The number of hydrogen-bond donors (Lipinski definition) is 0. The molecule has 2 nitrogen and oxygen atoms in total. The van der Waals surface area contributed by atoms with Crippen LogP contribution in [0.1, 0.15) is 52.7 Å². The minimum Gasteiger partial charge on any atom is -0.311 e. The van der Waals surface area contributed by atoms with Gasteiger partial charge in [0.15, 0.2) is 0 Å². The van der Waals surface area contributed by atoms with Crippen LogP contribution in [-0.4, -0.2) is 6.71 Å². The summed E-state index contributed by atoms with van der Waals surface area (Å²) in [5.41, 5.74) is 14.2. The molecule has 2 aliphatic rings. The Morgan fingerprint density at radius 2 is 0.721 bits per heavy atom. The molecular formula is C58H45BN2. The summed E-state index contributed by atoms with van der Waals surface area (Å²) in [6.07, 6.45) is 0. The zero-order chi connectivity index (χ0) is 41.1. The van der Waals surface area contributed by atoms with E-state index in [1.54, 1.807) is 0 Å². The van der Waals surface area contributed by atoms with E-state index in [2.05, 4.69) is 215 Å². The van der Waals surface area contributed by atoms with Gasteiger partial charge in [0.2, 0.25) is 0 Å². The lowest BCUT2D eigenvalue weighted by molar-refractivity contribution is 0.590. The van der Waals surface area contributed by atoms with Crippen LogP contribution in [0.2, 0.25) is 0 Å². The summed E-state index contributed by atoms with van der Waals surface area (Å²) in [5, 5.41) is 15.7. The van der Waals surface area contributed by atoms with Gasteiger partial charge in [0.05, 0.1) is 0 Å². The number of nitrogens with zero attached hydrogens (tertiary/aromatic N) is 2. The van der Waals surface area contributed by atoms with E-state index in [0.29, 0.717) is 0 Å². The van der Waals surface area contributed by atoms with Crippen molar-refractivity contribution < 1.29 is 0 Å². The Balaban J connectivity index is 1.19. The summed E-state index contributed by atoms with van der Waals surface area (Å²) in [6.45, 7) is 13.8. The smallest absolute Gasteiger partial charge is 0.252 e. The molecule has 11 aromatic carbocycles. The van der Waals surface area contributed by atoms with Gasteiger partial charge in [-0.05, 0) is 129 Å². The Bertz CT molecular complexity index is 3340. The quantitative estimate of drug-likeness (QED) is 0.127. The Hall–Kier alpha value is -6.84. The molecule has 0 N–H and O–H groups in total. The van der Waals surface area contributed by atoms with Gasteiger partial charge in [0, 0.05) is 44.9 Å². The summed E-state index contributed by atoms with van der Waals surface area (Å²) in [5.74, 6) is 0. The molecule has 290 valence electrons. The van der Waals surface area contributed by atoms with Crippen molar-refractivity contribution in [2.45, 2.75) is 52.4 Å². The van der Waals surface area contributed by atoms with E-state index in [1.165, 1.54) is 126 Å². The first-order chi connectivity index (χ1) is 29.5. The summed E-state index contributed by atoms with van der Waals surface area (Å²) < 4.78 is 0. The molecule has 0 fully saturated rings. The van der Waals surface area contributed by atoms with E-state index in [0.717, 1.165) is 0 Å².